The van der Waals surface area contributed by atoms with Gasteiger partial charge in [0.25, 0.3) is 5.56 Å². The van der Waals surface area contributed by atoms with Crippen LogP contribution in [-0.4, -0.2) is 34.3 Å². The molecule has 0 saturated heterocycles. The maximum Gasteiger partial charge on any atom is 0.283 e. The van der Waals surface area contributed by atoms with Crippen molar-refractivity contribution >= 4 is 39.3 Å². The third-order valence-corrected chi connectivity index (χ3v) is 6.64. The number of fused-ring (bicyclic) bond motifs is 4. The van der Waals surface area contributed by atoms with Gasteiger partial charge in [0.15, 0.2) is 16.8 Å². The highest BCUT2D eigenvalue weighted by Gasteiger charge is 2.19. The Morgan fingerprint density at radius 3 is 2.69 bits per heavy atom. The molecule has 35 heavy (non-hydrogen) atoms. The van der Waals surface area contributed by atoms with Gasteiger partial charge in [0.2, 0.25) is 0 Å². The molecule has 0 bridgehead atoms. The summed E-state index contributed by atoms with van der Waals surface area (Å²) in [5.74, 6) is 0. The summed E-state index contributed by atoms with van der Waals surface area (Å²) in [7, 11) is 0. The van der Waals surface area contributed by atoms with Crippen LogP contribution in [0, 0.1) is 6.92 Å². The minimum Gasteiger partial charge on any atom is -0.361 e. The summed E-state index contributed by atoms with van der Waals surface area (Å²) in [6.07, 6.45) is 4.96. The number of aryl methyl sites for hydroxylation is 4. The zero-order chi connectivity index (χ0) is 24.1. The zero-order valence-corrected chi connectivity index (χ0v) is 20.0. The van der Waals surface area contributed by atoms with Crippen molar-refractivity contribution in [2.45, 2.75) is 33.2 Å². The Morgan fingerprint density at radius 2 is 1.89 bits per heavy atom. The maximum absolute atomic E-state index is 13.3. The van der Waals surface area contributed by atoms with Crippen molar-refractivity contribution in [1.82, 2.24) is 34.3 Å². The number of benzene rings is 2. The van der Waals surface area contributed by atoms with E-state index in [1.165, 1.54) is 10.9 Å². The van der Waals surface area contributed by atoms with Gasteiger partial charge in [-0.3, -0.25) is 9.36 Å². The number of hydrogen-bond acceptors (Lipinski definition) is 5. The molecule has 0 unspecified atom stereocenters. The van der Waals surface area contributed by atoms with Crippen molar-refractivity contribution in [2.24, 2.45) is 0 Å². The number of nitrogens with one attached hydrogen (secondary N) is 1. The van der Waals surface area contributed by atoms with Crippen molar-refractivity contribution in [3.63, 3.8) is 0 Å². The molecule has 4 heterocycles. The van der Waals surface area contributed by atoms with Gasteiger partial charge in [-0.25, -0.2) is 4.98 Å². The van der Waals surface area contributed by atoms with E-state index in [1.807, 2.05) is 37.4 Å². The second kappa shape index (κ2) is 8.32. The van der Waals surface area contributed by atoms with Crippen molar-refractivity contribution in [3.8, 4) is 11.1 Å². The number of halogens is 1. The minimum atomic E-state index is -0.234. The molecule has 2 aromatic carbocycles. The van der Waals surface area contributed by atoms with E-state index < -0.39 is 0 Å². The van der Waals surface area contributed by atoms with E-state index in [1.54, 1.807) is 15.4 Å². The van der Waals surface area contributed by atoms with Gasteiger partial charge in [-0.15, -0.1) is 10.2 Å². The molecule has 6 aromatic rings. The summed E-state index contributed by atoms with van der Waals surface area (Å²) in [6.45, 7) is 4.59. The SMILES string of the molecule is CCc1nn2c(nnc3c(=O)n(CCc4c[nH]c5ccc(C)cc45)cnc32)c1-c1ccc(Cl)cc1. The van der Waals surface area contributed by atoms with E-state index in [2.05, 4.69) is 45.3 Å². The van der Waals surface area contributed by atoms with Crippen molar-refractivity contribution < 1.29 is 0 Å². The van der Waals surface area contributed by atoms with Gasteiger partial charge in [-0.2, -0.15) is 9.61 Å². The fourth-order valence-electron chi connectivity index (χ4n) is 4.56. The maximum atomic E-state index is 13.3. The molecular weight excluding hydrogens is 462 g/mol. The molecular formula is C26H22ClN7O. The second-order valence-electron chi connectivity index (χ2n) is 8.65. The molecule has 1 N–H and O–H groups in total. The fraction of sp³-hybridized carbons (Fsp3) is 0.192. The lowest BCUT2D eigenvalue weighted by Gasteiger charge is -2.07. The molecule has 0 atom stereocenters. The molecule has 0 amide bonds. The number of aromatic amines is 1. The second-order valence-corrected chi connectivity index (χ2v) is 9.08. The molecule has 0 radical (unpaired) electrons. The van der Waals surface area contributed by atoms with E-state index in [0.29, 0.717) is 35.7 Å². The predicted octanol–water partition coefficient (Wildman–Crippen LogP) is 4.75. The summed E-state index contributed by atoms with van der Waals surface area (Å²) in [5.41, 5.74) is 7.04. The summed E-state index contributed by atoms with van der Waals surface area (Å²) >= 11 is 6.07. The van der Waals surface area contributed by atoms with Crippen molar-refractivity contribution in [2.75, 3.05) is 0 Å². The van der Waals surface area contributed by atoms with Crippen LogP contribution in [0.5, 0.6) is 0 Å². The molecule has 8 nitrogen and oxygen atoms in total. The lowest BCUT2D eigenvalue weighted by atomic mass is 10.0. The highest BCUT2D eigenvalue weighted by Crippen LogP contribution is 2.29. The smallest absolute Gasteiger partial charge is 0.283 e. The molecule has 0 saturated carbocycles. The summed E-state index contributed by atoms with van der Waals surface area (Å²) in [4.78, 5) is 21.2. The highest BCUT2D eigenvalue weighted by molar-refractivity contribution is 6.30. The minimum absolute atomic E-state index is 0.197. The number of rotatable bonds is 5. The van der Waals surface area contributed by atoms with Crippen LogP contribution in [-0.2, 0) is 19.4 Å². The molecule has 0 aliphatic carbocycles. The zero-order valence-electron chi connectivity index (χ0n) is 19.3. The first kappa shape index (κ1) is 21.5. The van der Waals surface area contributed by atoms with Gasteiger partial charge in [0.05, 0.1) is 11.3 Å². The Labute approximate surface area is 205 Å². The monoisotopic (exact) mass is 483 g/mol. The van der Waals surface area contributed by atoms with Gasteiger partial charge in [-0.05, 0) is 55.2 Å². The average molecular weight is 484 g/mol. The fourth-order valence-corrected chi connectivity index (χ4v) is 4.69. The molecule has 4 aromatic heterocycles. The number of H-pyrrole nitrogens is 1. The third-order valence-electron chi connectivity index (χ3n) is 6.39. The summed E-state index contributed by atoms with van der Waals surface area (Å²) in [5, 5.41) is 15.2. The largest absolute Gasteiger partial charge is 0.361 e. The van der Waals surface area contributed by atoms with Crippen molar-refractivity contribution in [3.05, 3.63) is 87.2 Å². The Balaban J connectivity index is 1.41. The number of nitrogens with zero attached hydrogens (tertiary/aromatic N) is 6. The van der Waals surface area contributed by atoms with E-state index in [-0.39, 0.29) is 11.1 Å². The standard InChI is InChI=1S/C26H22ClN7O/c1-3-20-22(16-5-7-18(27)8-6-16)24-31-30-23-25(34(24)32-20)29-14-33(26(23)35)11-10-17-13-28-21-9-4-15(2)12-19(17)21/h4-9,12-14,28H,3,10-11H2,1-2H3. The van der Waals surface area contributed by atoms with Gasteiger partial charge in [0, 0.05) is 28.7 Å². The van der Waals surface area contributed by atoms with Gasteiger partial charge in [0.1, 0.15) is 6.33 Å². The van der Waals surface area contributed by atoms with Gasteiger partial charge < -0.3 is 4.98 Å². The highest BCUT2D eigenvalue weighted by atomic mass is 35.5. The first-order valence-electron chi connectivity index (χ1n) is 11.5. The predicted molar refractivity (Wildman–Crippen MR) is 137 cm³/mol. The van der Waals surface area contributed by atoms with Crippen LogP contribution in [0.15, 0.2) is 59.8 Å². The molecule has 174 valence electrons. The van der Waals surface area contributed by atoms with Crippen LogP contribution >= 0.6 is 11.6 Å². The average Bonchev–Trinajstić information content (AvgIpc) is 3.45. The molecule has 9 heteroatoms. The first-order valence-corrected chi connectivity index (χ1v) is 11.9. The molecule has 0 fully saturated rings. The van der Waals surface area contributed by atoms with Crippen LogP contribution in [0.1, 0.15) is 23.7 Å². The summed E-state index contributed by atoms with van der Waals surface area (Å²) < 4.78 is 3.21. The van der Waals surface area contributed by atoms with E-state index in [9.17, 15) is 4.79 Å². The Bertz CT molecular complexity index is 1780. The Kier molecular flexibility index (Phi) is 5.11. The van der Waals surface area contributed by atoms with E-state index in [0.717, 1.165) is 27.9 Å². The van der Waals surface area contributed by atoms with Crippen LogP contribution in [0.2, 0.25) is 5.02 Å². The normalized spacial score (nSPS) is 11.7. The topological polar surface area (TPSA) is 93.8 Å². The van der Waals surface area contributed by atoms with E-state index >= 15 is 0 Å². The van der Waals surface area contributed by atoms with Crippen LogP contribution < -0.4 is 5.56 Å². The summed E-state index contributed by atoms with van der Waals surface area (Å²) in [6, 6.07) is 13.8. The molecule has 0 aliphatic heterocycles. The van der Waals surface area contributed by atoms with E-state index in [4.69, 9.17) is 16.7 Å². The molecule has 0 aliphatic rings. The molecule has 0 spiro atoms. The molecule has 6 rings (SSSR count). The van der Waals surface area contributed by atoms with Crippen LogP contribution in [0.3, 0.4) is 0 Å². The Hall–Kier alpha value is -4.04. The number of aromatic nitrogens is 7. The first-order chi connectivity index (χ1) is 17.0. The third kappa shape index (κ3) is 3.57. The van der Waals surface area contributed by atoms with Crippen molar-refractivity contribution in [1.29, 1.82) is 0 Å². The lowest BCUT2D eigenvalue weighted by molar-refractivity contribution is 0.659. The Morgan fingerprint density at radius 1 is 1.06 bits per heavy atom. The van der Waals surface area contributed by atoms with Gasteiger partial charge >= 0.3 is 0 Å². The number of hydrogen-bond donors (Lipinski definition) is 1. The van der Waals surface area contributed by atoms with Crippen LogP contribution in [0.25, 0.3) is 38.8 Å². The van der Waals surface area contributed by atoms with Crippen LogP contribution in [0.4, 0.5) is 0 Å². The lowest BCUT2D eigenvalue weighted by Crippen LogP contribution is -2.23. The quantitative estimate of drug-likeness (QED) is 0.382. The van der Waals surface area contributed by atoms with Gasteiger partial charge in [-0.1, -0.05) is 42.3 Å².